The Morgan fingerprint density at radius 1 is 1.03 bits per heavy atom. The molecule has 11 heteroatoms. The van der Waals surface area contributed by atoms with Crippen molar-refractivity contribution in [3.8, 4) is 5.75 Å². The van der Waals surface area contributed by atoms with Crippen LogP contribution in [0.5, 0.6) is 5.75 Å². The molecule has 0 radical (unpaired) electrons. The van der Waals surface area contributed by atoms with Gasteiger partial charge in [-0.2, -0.15) is 0 Å². The Morgan fingerprint density at radius 2 is 1.73 bits per heavy atom. The zero-order chi connectivity index (χ0) is 26.4. The maximum atomic E-state index is 14.3. The van der Waals surface area contributed by atoms with Gasteiger partial charge in [-0.25, -0.2) is 17.7 Å². The van der Waals surface area contributed by atoms with Gasteiger partial charge in [-0.05, 0) is 67.8 Å². The summed E-state index contributed by atoms with van der Waals surface area (Å²) in [5.74, 6) is -0.826. The number of aliphatic hydroxyl groups is 1. The molecule has 1 saturated carbocycles. The molecular weight excluding hydrogens is 510 g/mol. The predicted molar refractivity (Wildman–Crippen MR) is 133 cm³/mol. The molecule has 4 atom stereocenters. The van der Waals surface area contributed by atoms with E-state index in [2.05, 4.69) is 13.8 Å². The first kappa shape index (κ1) is 25.5. The number of nitrogens with one attached hydrogen (secondary N) is 1. The average molecular weight is 536 g/mol. The zero-order valence-corrected chi connectivity index (χ0v) is 20.6. The number of nitrogens with zero attached hydrogens (tertiary/aromatic N) is 2. The number of ether oxygens (including phenoxy) is 1. The Bertz CT molecular complexity index is 1560. The van der Waals surface area contributed by atoms with Crippen molar-refractivity contribution in [1.29, 1.82) is 0 Å². The molecule has 6 nitrogen and oxygen atoms in total. The van der Waals surface area contributed by atoms with Crippen LogP contribution in [0.1, 0.15) is 25.3 Å². The van der Waals surface area contributed by atoms with Gasteiger partial charge < -0.3 is 14.4 Å². The standard InChI is InChI=1S/C26H25F4N3O3S/c1-31-37(35,18-12-10-17(11-13-18)36-26(28,29)30)32-21-6-4-8-23(25(21)34)33-22-7-3-2-5-19(22)20-14-9-16(27)15-24(20)33/h2-3,5,7,9-15,21,23,25,34H,4,6,8H2,1H3,(H,31,32,35). The number of hydrogen-bond donors (Lipinski definition) is 2. The van der Waals surface area contributed by atoms with Gasteiger partial charge in [0.15, 0.2) is 0 Å². The summed E-state index contributed by atoms with van der Waals surface area (Å²) >= 11 is 0. The number of hydrogen-bond acceptors (Lipinski definition) is 4. The van der Waals surface area contributed by atoms with Crippen LogP contribution in [-0.4, -0.2) is 39.4 Å². The molecule has 5 rings (SSSR count). The maximum Gasteiger partial charge on any atom is 0.573 e. The van der Waals surface area contributed by atoms with E-state index in [4.69, 9.17) is 0 Å². The van der Waals surface area contributed by atoms with Crippen LogP contribution in [0.2, 0.25) is 0 Å². The minimum atomic E-state index is -4.84. The van der Waals surface area contributed by atoms with Gasteiger partial charge in [-0.3, -0.25) is 0 Å². The van der Waals surface area contributed by atoms with E-state index in [1.807, 2.05) is 28.8 Å². The summed E-state index contributed by atoms with van der Waals surface area (Å²) in [6.45, 7) is 0. The monoisotopic (exact) mass is 535 g/mol. The molecule has 4 unspecified atom stereocenters. The van der Waals surface area contributed by atoms with Gasteiger partial charge in [0.1, 0.15) is 21.5 Å². The quantitative estimate of drug-likeness (QED) is 0.310. The van der Waals surface area contributed by atoms with Crippen molar-refractivity contribution in [2.24, 2.45) is 4.36 Å². The fourth-order valence-corrected chi connectivity index (χ4v) is 6.78. The van der Waals surface area contributed by atoms with Gasteiger partial charge >= 0.3 is 6.36 Å². The van der Waals surface area contributed by atoms with Gasteiger partial charge in [0.2, 0.25) is 0 Å². The second-order valence-corrected chi connectivity index (χ2v) is 11.1. The lowest BCUT2D eigenvalue weighted by Crippen LogP contribution is -2.49. The van der Waals surface area contributed by atoms with Gasteiger partial charge in [0, 0.05) is 29.4 Å². The minimum absolute atomic E-state index is 0.165. The third-order valence-corrected chi connectivity index (χ3v) is 8.82. The van der Waals surface area contributed by atoms with Crippen LogP contribution in [0.4, 0.5) is 17.6 Å². The molecule has 1 aliphatic carbocycles. The van der Waals surface area contributed by atoms with E-state index in [0.29, 0.717) is 24.8 Å². The highest BCUT2D eigenvalue weighted by molar-refractivity contribution is 7.91. The number of para-hydroxylation sites is 1. The second-order valence-electron chi connectivity index (χ2n) is 8.99. The summed E-state index contributed by atoms with van der Waals surface area (Å²) < 4.78 is 78.3. The van der Waals surface area contributed by atoms with E-state index >= 15 is 0 Å². The van der Waals surface area contributed by atoms with Crippen molar-refractivity contribution in [3.63, 3.8) is 0 Å². The van der Waals surface area contributed by atoms with Crippen LogP contribution in [0.25, 0.3) is 21.8 Å². The van der Waals surface area contributed by atoms with E-state index < -0.39 is 40.2 Å². The summed E-state index contributed by atoms with van der Waals surface area (Å²) in [4.78, 5) is 0.165. The van der Waals surface area contributed by atoms with Gasteiger partial charge in [0.05, 0.1) is 22.6 Å². The molecule has 0 amide bonds. The number of benzene rings is 3. The maximum absolute atomic E-state index is 14.3. The normalized spacial score (nSPS) is 22.2. The van der Waals surface area contributed by atoms with Crippen molar-refractivity contribution >= 4 is 31.7 Å². The van der Waals surface area contributed by atoms with Gasteiger partial charge in [0.25, 0.3) is 0 Å². The molecule has 0 saturated heterocycles. The molecular formula is C26H25F4N3O3S. The molecule has 37 heavy (non-hydrogen) atoms. The molecule has 0 spiro atoms. The summed E-state index contributed by atoms with van der Waals surface area (Å²) in [6, 6.07) is 15.8. The lowest BCUT2D eigenvalue weighted by atomic mass is 9.88. The number of aliphatic hydroxyl groups excluding tert-OH is 1. The largest absolute Gasteiger partial charge is 0.573 e. The molecule has 1 aromatic heterocycles. The van der Waals surface area contributed by atoms with E-state index in [1.165, 1.54) is 31.3 Å². The Labute approximate surface area is 211 Å². The second kappa shape index (κ2) is 9.62. The first-order valence-corrected chi connectivity index (χ1v) is 13.3. The number of rotatable bonds is 5. The van der Waals surface area contributed by atoms with Crippen molar-refractivity contribution in [1.82, 2.24) is 9.29 Å². The van der Waals surface area contributed by atoms with Crippen LogP contribution in [0.3, 0.4) is 0 Å². The SMILES string of the molecule is CN=S(=O)(NC1CCCC(n2c3ccccc3c3ccc(F)cc32)C1O)c1ccc(OC(F)(F)F)cc1. The fraction of sp³-hybridized carbons (Fsp3) is 0.308. The first-order chi connectivity index (χ1) is 17.6. The number of alkyl halides is 3. The lowest BCUT2D eigenvalue weighted by Gasteiger charge is -2.37. The summed E-state index contributed by atoms with van der Waals surface area (Å²) in [6.07, 6.45) is -4.01. The highest BCUT2D eigenvalue weighted by Crippen LogP contribution is 2.38. The van der Waals surface area contributed by atoms with Crippen LogP contribution in [0.15, 0.2) is 76.0 Å². The minimum Gasteiger partial charge on any atom is -0.406 e. The summed E-state index contributed by atoms with van der Waals surface area (Å²) in [5, 5.41) is 13.3. The fourth-order valence-electron chi connectivity index (χ4n) is 5.15. The van der Waals surface area contributed by atoms with Crippen molar-refractivity contribution in [2.45, 2.75) is 48.7 Å². The highest BCUT2D eigenvalue weighted by atomic mass is 32.2. The molecule has 196 valence electrons. The van der Waals surface area contributed by atoms with E-state index in [1.54, 1.807) is 6.07 Å². The van der Waals surface area contributed by atoms with Crippen molar-refractivity contribution in [3.05, 3.63) is 72.5 Å². The third kappa shape index (κ3) is 4.90. The van der Waals surface area contributed by atoms with Crippen molar-refractivity contribution < 1.29 is 31.6 Å². The van der Waals surface area contributed by atoms with Gasteiger partial charge in [-0.1, -0.05) is 18.2 Å². The summed E-state index contributed by atoms with van der Waals surface area (Å²) in [7, 11) is -1.93. The topological polar surface area (TPSA) is 75.9 Å². The van der Waals surface area contributed by atoms with E-state index in [0.717, 1.165) is 28.4 Å². The average Bonchev–Trinajstić information content (AvgIpc) is 3.18. The molecule has 4 aromatic rings. The molecule has 1 heterocycles. The first-order valence-electron chi connectivity index (χ1n) is 11.7. The van der Waals surface area contributed by atoms with E-state index in [9.17, 15) is 26.9 Å². The lowest BCUT2D eigenvalue weighted by molar-refractivity contribution is -0.274. The number of fused-ring (bicyclic) bond motifs is 3. The molecule has 1 aliphatic rings. The summed E-state index contributed by atoms with van der Waals surface area (Å²) in [5.41, 5.74) is 1.51. The Balaban J connectivity index is 1.47. The van der Waals surface area contributed by atoms with Crippen molar-refractivity contribution in [2.75, 3.05) is 7.05 Å². The Morgan fingerprint density at radius 3 is 2.43 bits per heavy atom. The molecule has 2 N–H and O–H groups in total. The third-order valence-electron chi connectivity index (χ3n) is 6.77. The smallest absolute Gasteiger partial charge is 0.406 e. The molecule has 3 aromatic carbocycles. The highest BCUT2D eigenvalue weighted by Gasteiger charge is 2.37. The Kier molecular flexibility index (Phi) is 6.63. The predicted octanol–water partition coefficient (Wildman–Crippen LogP) is 5.95. The zero-order valence-electron chi connectivity index (χ0n) is 19.8. The Hall–Kier alpha value is -3.15. The molecule has 1 fully saturated rings. The number of halogens is 4. The van der Waals surface area contributed by atoms with Crippen LogP contribution in [-0.2, 0) is 9.92 Å². The van der Waals surface area contributed by atoms with Crippen LogP contribution in [0, 0.1) is 5.82 Å². The van der Waals surface area contributed by atoms with Crippen LogP contribution >= 0.6 is 0 Å². The molecule has 0 bridgehead atoms. The van der Waals surface area contributed by atoms with Crippen LogP contribution < -0.4 is 9.46 Å². The number of aromatic nitrogens is 1. The molecule has 0 aliphatic heterocycles. The van der Waals surface area contributed by atoms with E-state index in [-0.39, 0.29) is 10.7 Å². The van der Waals surface area contributed by atoms with Gasteiger partial charge in [-0.15, -0.1) is 13.2 Å².